The maximum absolute atomic E-state index is 4.62. The van der Waals surface area contributed by atoms with E-state index in [0.717, 1.165) is 30.5 Å². The van der Waals surface area contributed by atoms with Crippen LogP contribution in [0.5, 0.6) is 0 Å². The van der Waals surface area contributed by atoms with Crippen molar-refractivity contribution in [1.29, 1.82) is 0 Å². The average molecular weight is 345 g/mol. The Bertz CT molecular complexity index is 632. The van der Waals surface area contributed by atoms with Gasteiger partial charge in [0.1, 0.15) is 5.82 Å². The van der Waals surface area contributed by atoms with E-state index < -0.39 is 0 Å². The molecular formula is C19H28N4S. The Balaban J connectivity index is 1.41. The van der Waals surface area contributed by atoms with Crippen molar-refractivity contribution in [3.05, 3.63) is 41.7 Å². The fourth-order valence-corrected chi connectivity index (χ4v) is 3.81. The lowest BCUT2D eigenvalue weighted by Gasteiger charge is -2.16. The van der Waals surface area contributed by atoms with E-state index >= 15 is 0 Å². The third-order valence-corrected chi connectivity index (χ3v) is 5.24. The zero-order valence-electron chi connectivity index (χ0n) is 15.0. The largest absolute Gasteiger partial charge is 0.360 e. The fourth-order valence-electron chi connectivity index (χ4n) is 3.05. The molecule has 0 amide bonds. The highest BCUT2D eigenvalue weighted by Crippen LogP contribution is 2.24. The van der Waals surface area contributed by atoms with Crippen LogP contribution in [0.2, 0.25) is 0 Å². The minimum Gasteiger partial charge on any atom is -0.360 e. The van der Waals surface area contributed by atoms with Crippen LogP contribution in [0.25, 0.3) is 0 Å². The minimum atomic E-state index is 0.0258. The van der Waals surface area contributed by atoms with Gasteiger partial charge in [-0.1, -0.05) is 51.1 Å². The molecule has 0 bridgehead atoms. The molecule has 3 rings (SSSR count). The van der Waals surface area contributed by atoms with E-state index in [9.17, 15) is 0 Å². The van der Waals surface area contributed by atoms with Crippen molar-refractivity contribution in [2.75, 3.05) is 31.5 Å². The Morgan fingerprint density at radius 2 is 2.04 bits per heavy atom. The van der Waals surface area contributed by atoms with Crippen LogP contribution in [0, 0.1) is 5.92 Å². The first-order valence-corrected chi connectivity index (χ1v) is 9.62. The summed E-state index contributed by atoms with van der Waals surface area (Å²) < 4.78 is 4.47. The number of rotatable bonds is 6. The van der Waals surface area contributed by atoms with Gasteiger partial charge in [-0.3, -0.25) is 0 Å². The molecule has 1 unspecified atom stereocenters. The van der Waals surface area contributed by atoms with Crippen LogP contribution < -0.4 is 5.32 Å². The normalized spacial score (nSPS) is 18.9. The van der Waals surface area contributed by atoms with Crippen molar-refractivity contribution in [1.82, 2.24) is 14.3 Å². The van der Waals surface area contributed by atoms with E-state index in [0.29, 0.717) is 5.92 Å². The molecule has 1 saturated heterocycles. The smallest absolute Gasteiger partial charge is 0.202 e. The molecule has 1 aromatic carbocycles. The third-order valence-electron chi connectivity index (χ3n) is 4.57. The molecule has 1 N–H and O–H groups in total. The molecule has 5 heteroatoms. The van der Waals surface area contributed by atoms with Crippen LogP contribution in [0.15, 0.2) is 30.3 Å². The number of aromatic nitrogens is 2. The number of nitrogens with zero attached hydrogens (tertiary/aromatic N) is 3. The predicted molar refractivity (Wildman–Crippen MR) is 102 cm³/mol. The Morgan fingerprint density at radius 1 is 1.25 bits per heavy atom. The van der Waals surface area contributed by atoms with Gasteiger partial charge in [-0.15, -0.1) is 0 Å². The topological polar surface area (TPSA) is 41.1 Å². The first kappa shape index (κ1) is 17.4. The van der Waals surface area contributed by atoms with E-state index in [1.54, 1.807) is 0 Å². The van der Waals surface area contributed by atoms with Crippen LogP contribution in [0.4, 0.5) is 5.13 Å². The molecule has 0 aliphatic carbocycles. The number of hydrogen-bond donors (Lipinski definition) is 1. The van der Waals surface area contributed by atoms with Crippen molar-refractivity contribution in [2.45, 2.75) is 39.0 Å². The molecule has 1 atom stereocenters. The van der Waals surface area contributed by atoms with Gasteiger partial charge in [0.05, 0.1) is 0 Å². The van der Waals surface area contributed by atoms with Crippen LogP contribution in [-0.2, 0) is 11.8 Å². The summed E-state index contributed by atoms with van der Waals surface area (Å²) in [6, 6.07) is 10.8. The van der Waals surface area contributed by atoms with Crippen LogP contribution in [0.1, 0.15) is 38.6 Å². The van der Waals surface area contributed by atoms with E-state index in [-0.39, 0.29) is 5.41 Å². The molecule has 0 radical (unpaired) electrons. The van der Waals surface area contributed by atoms with Gasteiger partial charge in [-0.25, -0.2) is 4.98 Å². The molecular weight excluding hydrogens is 316 g/mol. The molecule has 24 heavy (non-hydrogen) atoms. The van der Waals surface area contributed by atoms with Gasteiger partial charge >= 0.3 is 0 Å². The summed E-state index contributed by atoms with van der Waals surface area (Å²) in [5, 5.41) is 4.45. The molecule has 2 aromatic rings. The minimum absolute atomic E-state index is 0.0258. The predicted octanol–water partition coefficient (Wildman–Crippen LogP) is 3.81. The quantitative estimate of drug-likeness (QED) is 0.865. The van der Waals surface area contributed by atoms with E-state index in [1.807, 2.05) is 0 Å². The fraction of sp³-hybridized carbons (Fsp3) is 0.579. The molecule has 0 saturated carbocycles. The summed E-state index contributed by atoms with van der Waals surface area (Å²) in [5.74, 6) is 1.65. The summed E-state index contributed by atoms with van der Waals surface area (Å²) in [6.07, 6.45) is 2.42. The first-order valence-electron chi connectivity index (χ1n) is 8.85. The molecule has 1 aliphatic rings. The lowest BCUT2D eigenvalue weighted by Crippen LogP contribution is -2.25. The summed E-state index contributed by atoms with van der Waals surface area (Å²) in [5.41, 5.74) is 1.46. The summed E-state index contributed by atoms with van der Waals surface area (Å²) in [4.78, 5) is 7.20. The maximum atomic E-state index is 4.62. The summed E-state index contributed by atoms with van der Waals surface area (Å²) in [7, 11) is 0. The Morgan fingerprint density at radius 3 is 2.75 bits per heavy atom. The average Bonchev–Trinajstić information content (AvgIpc) is 3.21. The van der Waals surface area contributed by atoms with Crippen LogP contribution in [0.3, 0.4) is 0 Å². The van der Waals surface area contributed by atoms with Crippen molar-refractivity contribution >= 4 is 16.7 Å². The molecule has 1 fully saturated rings. The second kappa shape index (κ2) is 7.62. The lowest BCUT2D eigenvalue weighted by atomic mass is 9.96. The number of nitrogens with one attached hydrogen (secondary N) is 1. The lowest BCUT2D eigenvalue weighted by molar-refractivity contribution is 0.330. The maximum Gasteiger partial charge on any atom is 0.202 e. The van der Waals surface area contributed by atoms with Crippen molar-refractivity contribution in [2.24, 2.45) is 5.92 Å². The van der Waals surface area contributed by atoms with Crippen molar-refractivity contribution in [3.63, 3.8) is 0 Å². The Labute approximate surface area is 149 Å². The number of hydrogen-bond acceptors (Lipinski definition) is 5. The highest BCUT2D eigenvalue weighted by molar-refractivity contribution is 7.09. The Kier molecular flexibility index (Phi) is 5.51. The zero-order chi connectivity index (χ0) is 17.0. The van der Waals surface area contributed by atoms with E-state index in [2.05, 4.69) is 70.7 Å². The van der Waals surface area contributed by atoms with Gasteiger partial charge in [-0.05, 0) is 30.9 Å². The highest BCUT2D eigenvalue weighted by Gasteiger charge is 2.23. The highest BCUT2D eigenvalue weighted by atomic mass is 32.1. The van der Waals surface area contributed by atoms with Crippen LogP contribution >= 0.6 is 11.5 Å². The Hall–Kier alpha value is -1.46. The molecule has 0 spiro atoms. The van der Waals surface area contributed by atoms with E-state index in [4.69, 9.17) is 0 Å². The molecule has 4 nitrogen and oxygen atoms in total. The second-order valence-corrected chi connectivity index (χ2v) is 8.50. The number of benzene rings is 1. The standard InChI is InChI=1S/C19H28N4S/c1-19(2,3)17-21-18(24-22-17)20-13-16-10-12-23(14-16)11-9-15-7-5-4-6-8-15/h4-8,16H,9-14H2,1-3H3,(H,20,21,22). The van der Waals surface area contributed by atoms with Crippen molar-refractivity contribution < 1.29 is 0 Å². The van der Waals surface area contributed by atoms with Crippen molar-refractivity contribution in [3.8, 4) is 0 Å². The van der Waals surface area contributed by atoms with Crippen LogP contribution in [-0.4, -0.2) is 40.4 Å². The van der Waals surface area contributed by atoms with Gasteiger partial charge in [-0.2, -0.15) is 4.37 Å². The SMILES string of the molecule is CC(C)(C)c1nsc(NCC2CCN(CCc3ccccc3)C2)n1. The van der Waals surface area contributed by atoms with E-state index in [1.165, 1.54) is 36.6 Å². The first-order chi connectivity index (χ1) is 11.5. The summed E-state index contributed by atoms with van der Waals surface area (Å²) in [6.45, 7) is 11.0. The zero-order valence-corrected chi connectivity index (χ0v) is 15.8. The molecule has 1 aromatic heterocycles. The molecule has 130 valence electrons. The number of anilines is 1. The van der Waals surface area contributed by atoms with Gasteiger partial charge in [0.25, 0.3) is 0 Å². The van der Waals surface area contributed by atoms with Gasteiger partial charge < -0.3 is 10.2 Å². The van der Waals surface area contributed by atoms with Gasteiger partial charge in [0, 0.05) is 36.6 Å². The molecule has 1 aliphatic heterocycles. The molecule has 2 heterocycles. The summed E-state index contributed by atoms with van der Waals surface area (Å²) >= 11 is 1.48. The second-order valence-electron chi connectivity index (χ2n) is 7.74. The third kappa shape index (κ3) is 4.77. The van der Waals surface area contributed by atoms with Gasteiger partial charge in [0.2, 0.25) is 5.13 Å². The van der Waals surface area contributed by atoms with Gasteiger partial charge in [0.15, 0.2) is 0 Å². The number of likely N-dealkylation sites (tertiary alicyclic amines) is 1. The monoisotopic (exact) mass is 344 g/mol.